The lowest BCUT2D eigenvalue weighted by Gasteiger charge is -2.16. The Morgan fingerprint density at radius 1 is 1.40 bits per heavy atom. The number of carboxylic acid groups (broad SMARTS) is 1. The first-order valence-corrected chi connectivity index (χ1v) is 7.07. The van der Waals surface area contributed by atoms with Gasteiger partial charge in [0.05, 0.1) is 17.6 Å². The molecule has 0 fully saturated rings. The molecule has 0 saturated heterocycles. The van der Waals surface area contributed by atoms with Crippen molar-refractivity contribution in [3.8, 4) is 0 Å². The number of hydrogen-bond acceptors (Lipinski definition) is 3. The molecule has 2 aromatic rings. The Morgan fingerprint density at radius 3 is 2.80 bits per heavy atom. The highest BCUT2D eigenvalue weighted by Gasteiger charge is 2.20. The summed E-state index contributed by atoms with van der Waals surface area (Å²) in [5, 5.41) is 12.4. The summed E-state index contributed by atoms with van der Waals surface area (Å²) in [6.45, 7) is 5.16. The zero-order valence-electron chi connectivity index (χ0n) is 12.0. The quantitative estimate of drug-likeness (QED) is 0.811. The molecule has 5 nitrogen and oxygen atoms in total. The summed E-state index contributed by atoms with van der Waals surface area (Å²) >= 11 is 0. The van der Waals surface area contributed by atoms with Crippen molar-refractivity contribution in [2.75, 3.05) is 6.54 Å². The molecule has 1 aromatic heterocycles. The van der Waals surface area contributed by atoms with Crippen molar-refractivity contribution in [2.24, 2.45) is 0 Å². The van der Waals surface area contributed by atoms with E-state index < -0.39 is 12.0 Å². The van der Waals surface area contributed by atoms with Crippen LogP contribution in [-0.4, -0.2) is 33.2 Å². The number of benzene rings is 1. The highest BCUT2D eigenvalue weighted by Crippen LogP contribution is 2.17. The van der Waals surface area contributed by atoms with Crippen molar-refractivity contribution in [1.82, 2.24) is 14.9 Å². The number of imidazole rings is 1. The number of hydrogen-bond donors (Lipinski definition) is 2. The second-order valence-corrected chi connectivity index (χ2v) is 4.83. The predicted octanol–water partition coefficient (Wildman–Crippen LogP) is 2.05. The first-order chi connectivity index (χ1) is 9.67. The third-order valence-corrected chi connectivity index (χ3v) is 3.35. The fraction of sp³-hybridized carbons (Fsp3) is 0.467. The van der Waals surface area contributed by atoms with Gasteiger partial charge >= 0.3 is 5.97 Å². The summed E-state index contributed by atoms with van der Waals surface area (Å²) in [6, 6.07) is 7.26. The maximum Gasteiger partial charge on any atom is 0.322 e. The average Bonchev–Trinajstić information content (AvgIpc) is 2.81. The lowest BCUT2D eigenvalue weighted by molar-refractivity contribution is -0.139. The molecule has 0 saturated carbocycles. The highest BCUT2D eigenvalue weighted by atomic mass is 16.4. The molecule has 0 aliphatic heterocycles. The number of fused-ring (bicyclic) bond motifs is 1. The van der Waals surface area contributed by atoms with E-state index in [4.69, 9.17) is 0 Å². The van der Waals surface area contributed by atoms with E-state index >= 15 is 0 Å². The Bertz CT molecular complexity index is 592. The third kappa shape index (κ3) is 2.99. The van der Waals surface area contributed by atoms with Gasteiger partial charge in [-0.1, -0.05) is 26.0 Å². The molecular formula is C15H21N3O2. The zero-order valence-corrected chi connectivity index (χ0v) is 12.0. The molecular weight excluding hydrogens is 254 g/mol. The second-order valence-electron chi connectivity index (χ2n) is 4.83. The number of rotatable bonds is 7. The molecule has 0 spiro atoms. The largest absolute Gasteiger partial charge is 0.480 e. The van der Waals surface area contributed by atoms with Crippen LogP contribution in [0.5, 0.6) is 0 Å². The Kier molecular flexibility index (Phi) is 4.74. The molecule has 0 amide bonds. The fourth-order valence-electron chi connectivity index (χ4n) is 2.33. The highest BCUT2D eigenvalue weighted by molar-refractivity contribution is 5.77. The number of aryl methyl sites for hydroxylation is 1. The molecule has 0 radical (unpaired) electrons. The first-order valence-electron chi connectivity index (χ1n) is 7.07. The van der Waals surface area contributed by atoms with E-state index in [1.165, 1.54) is 0 Å². The van der Waals surface area contributed by atoms with E-state index in [2.05, 4.69) is 10.3 Å². The topological polar surface area (TPSA) is 67.2 Å². The molecule has 108 valence electrons. The Hall–Kier alpha value is -1.88. The summed E-state index contributed by atoms with van der Waals surface area (Å²) in [5.74, 6) is 0.106. The number of aliphatic carboxylic acids is 1. The van der Waals surface area contributed by atoms with Gasteiger partial charge in [-0.3, -0.25) is 4.79 Å². The van der Waals surface area contributed by atoms with Crippen molar-refractivity contribution in [3.05, 3.63) is 30.1 Å². The van der Waals surface area contributed by atoms with Gasteiger partial charge in [0.15, 0.2) is 0 Å². The monoisotopic (exact) mass is 275 g/mol. The van der Waals surface area contributed by atoms with Gasteiger partial charge in [0.2, 0.25) is 0 Å². The van der Waals surface area contributed by atoms with Crippen LogP contribution in [0.3, 0.4) is 0 Å². The van der Waals surface area contributed by atoms with E-state index in [9.17, 15) is 9.90 Å². The normalized spacial score (nSPS) is 12.7. The van der Waals surface area contributed by atoms with Crippen molar-refractivity contribution in [2.45, 2.75) is 39.3 Å². The van der Waals surface area contributed by atoms with E-state index in [0.717, 1.165) is 29.7 Å². The molecule has 2 rings (SSSR count). The number of nitrogens with one attached hydrogen (secondary N) is 1. The lowest BCUT2D eigenvalue weighted by atomic mass is 10.2. The van der Waals surface area contributed by atoms with Crippen molar-refractivity contribution in [1.29, 1.82) is 0 Å². The van der Waals surface area contributed by atoms with Gasteiger partial charge in [-0.2, -0.15) is 0 Å². The van der Waals surface area contributed by atoms with Gasteiger partial charge in [-0.15, -0.1) is 0 Å². The molecule has 1 aromatic carbocycles. The summed E-state index contributed by atoms with van der Waals surface area (Å²) in [6.07, 6.45) is 1.70. The Labute approximate surface area is 118 Å². The van der Waals surface area contributed by atoms with Crippen molar-refractivity contribution in [3.63, 3.8) is 0 Å². The number of aromatic nitrogens is 2. The minimum atomic E-state index is -0.821. The predicted molar refractivity (Wildman–Crippen MR) is 78.8 cm³/mol. The third-order valence-electron chi connectivity index (χ3n) is 3.35. The molecule has 1 atom stereocenters. The van der Waals surface area contributed by atoms with Crippen LogP contribution >= 0.6 is 0 Å². The molecule has 1 unspecified atom stereocenters. The smallest absolute Gasteiger partial charge is 0.322 e. The van der Waals surface area contributed by atoms with Crippen LogP contribution in [0.15, 0.2) is 24.3 Å². The van der Waals surface area contributed by atoms with E-state index in [1.807, 2.05) is 42.7 Å². The summed E-state index contributed by atoms with van der Waals surface area (Å²) < 4.78 is 2.01. The molecule has 20 heavy (non-hydrogen) atoms. The minimum absolute atomic E-state index is 0.402. The Morgan fingerprint density at radius 2 is 2.15 bits per heavy atom. The van der Waals surface area contributed by atoms with E-state index in [0.29, 0.717) is 13.1 Å². The standard InChI is InChI=1S/C15H21N3O2/c1-3-9-16-12(15(19)20)10-18-13-8-6-5-7-11(13)17-14(18)4-2/h5-8,12,16H,3-4,9-10H2,1-2H3,(H,19,20). The zero-order chi connectivity index (χ0) is 14.5. The van der Waals surface area contributed by atoms with Crippen LogP contribution in [0, 0.1) is 0 Å². The van der Waals surface area contributed by atoms with Gasteiger partial charge in [0, 0.05) is 6.42 Å². The average molecular weight is 275 g/mol. The van der Waals surface area contributed by atoms with Gasteiger partial charge in [0.25, 0.3) is 0 Å². The van der Waals surface area contributed by atoms with Crippen LogP contribution in [0.4, 0.5) is 0 Å². The maximum absolute atomic E-state index is 11.4. The number of carboxylic acids is 1. The number of carbonyl (C=O) groups is 1. The molecule has 0 aliphatic rings. The van der Waals surface area contributed by atoms with Crippen LogP contribution in [0.1, 0.15) is 26.1 Å². The SMILES string of the molecule is CCCNC(Cn1c(CC)nc2ccccc21)C(=O)O. The molecule has 0 bridgehead atoms. The molecule has 0 aliphatic carbocycles. The van der Waals surface area contributed by atoms with Crippen LogP contribution in [0.25, 0.3) is 11.0 Å². The van der Waals surface area contributed by atoms with E-state index in [1.54, 1.807) is 0 Å². The first kappa shape index (κ1) is 14.5. The van der Waals surface area contributed by atoms with Crippen LogP contribution in [-0.2, 0) is 17.8 Å². The van der Waals surface area contributed by atoms with Gasteiger partial charge in [-0.05, 0) is 25.1 Å². The van der Waals surface area contributed by atoms with Gasteiger partial charge in [-0.25, -0.2) is 4.98 Å². The summed E-state index contributed by atoms with van der Waals surface area (Å²) in [5.41, 5.74) is 1.91. The summed E-state index contributed by atoms with van der Waals surface area (Å²) in [4.78, 5) is 15.9. The molecule has 1 heterocycles. The molecule has 5 heteroatoms. The Balaban J connectivity index is 2.32. The van der Waals surface area contributed by atoms with Crippen LogP contribution in [0.2, 0.25) is 0 Å². The second kappa shape index (κ2) is 6.52. The van der Waals surface area contributed by atoms with Crippen LogP contribution < -0.4 is 5.32 Å². The van der Waals surface area contributed by atoms with Gasteiger partial charge in [0.1, 0.15) is 11.9 Å². The van der Waals surface area contributed by atoms with Crippen molar-refractivity contribution < 1.29 is 9.90 Å². The van der Waals surface area contributed by atoms with Crippen molar-refractivity contribution >= 4 is 17.0 Å². The number of para-hydroxylation sites is 2. The minimum Gasteiger partial charge on any atom is -0.480 e. The number of nitrogens with zero attached hydrogens (tertiary/aromatic N) is 2. The van der Waals surface area contributed by atoms with Gasteiger partial charge < -0.3 is 15.0 Å². The molecule has 2 N–H and O–H groups in total. The summed E-state index contributed by atoms with van der Waals surface area (Å²) in [7, 11) is 0. The van der Waals surface area contributed by atoms with E-state index in [-0.39, 0.29) is 0 Å². The maximum atomic E-state index is 11.4. The fourth-order valence-corrected chi connectivity index (χ4v) is 2.33. The lowest BCUT2D eigenvalue weighted by Crippen LogP contribution is -2.40.